The second-order valence-corrected chi connectivity index (χ2v) is 8.51. The Morgan fingerprint density at radius 3 is 2.14 bits per heavy atom. The van der Waals surface area contributed by atoms with E-state index in [1.165, 1.54) is 23.9 Å². The van der Waals surface area contributed by atoms with Crippen molar-refractivity contribution in [1.82, 2.24) is 24.6 Å². The van der Waals surface area contributed by atoms with Crippen LogP contribution in [0.2, 0.25) is 0 Å². The van der Waals surface area contributed by atoms with Crippen molar-refractivity contribution in [2.24, 2.45) is 0 Å². The number of halogens is 1. The molecule has 154 valence electrons. The molecule has 6 nitrogen and oxygen atoms in total. The van der Waals surface area contributed by atoms with Crippen molar-refractivity contribution in [3.8, 4) is 5.69 Å². The predicted octanol–water partition coefficient (Wildman–Crippen LogP) is 3.77. The topological polar surface area (TPSA) is 54.3 Å². The smallest absolute Gasteiger partial charge is 0.233 e. The summed E-state index contributed by atoms with van der Waals surface area (Å²) in [5.41, 5.74) is 0.773. The van der Waals surface area contributed by atoms with Gasteiger partial charge in [-0.25, -0.2) is 4.39 Å². The first-order chi connectivity index (χ1) is 13.1. The summed E-state index contributed by atoms with van der Waals surface area (Å²) in [5.74, 6) is 0.779. The lowest BCUT2D eigenvalue weighted by Gasteiger charge is -2.30. The lowest BCUT2D eigenvalue weighted by molar-refractivity contribution is -0.131. The highest BCUT2D eigenvalue weighted by Gasteiger charge is 2.24. The van der Waals surface area contributed by atoms with Gasteiger partial charge in [0.25, 0.3) is 0 Å². The summed E-state index contributed by atoms with van der Waals surface area (Å²) in [5, 5.41) is 9.31. The molecule has 2 aromatic rings. The van der Waals surface area contributed by atoms with E-state index in [0.29, 0.717) is 5.16 Å². The second kappa shape index (κ2) is 9.52. The van der Waals surface area contributed by atoms with Crippen LogP contribution in [0.4, 0.5) is 4.39 Å². The Balaban J connectivity index is 2.34. The zero-order valence-electron chi connectivity index (χ0n) is 17.7. The van der Waals surface area contributed by atoms with Crippen molar-refractivity contribution in [3.05, 3.63) is 35.9 Å². The third kappa shape index (κ3) is 5.11. The summed E-state index contributed by atoms with van der Waals surface area (Å²) in [6, 6.07) is 6.50. The first kappa shape index (κ1) is 22.4. The van der Waals surface area contributed by atoms with Gasteiger partial charge in [-0.3, -0.25) is 14.3 Å². The van der Waals surface area contributed by atoms with Crippen molar-refractivity contribution in [1.29, 1.82) is 0 Å². The van der Waals surface area contributed by atoms with E-state index < -0.39 is 0 Å². The van der Waals surface area contributed by atoms with Gasteiger partial charge in [0.1, 0.15) is 5.82 Å². The number of benzene rings is 1. The van der Waals surface area contributed by atoms with Gasteiger partial charge in [0.05, 0.1) is 11.8 Å². The monoisotopic (exact) mass is 407 g/mol. The Hall–Kier alpha value is -1.93. The molecular formula is C20H30FN5OS. The number of rotatable bonds is 8. The molecule has 0 saturated carbocycles. The summed E-state index contributed by atoms with van der Waals surface area (Å²) in [4.78, 5) is 16.6. The number of carbonyl (C=O) groups is 1. The SMILES string of the molecule is CC(C)N(C(=O)CSc1nnc([C@H](C)N(C)C)n1-c1ccc(F)cc1)C(C)C. The Morgan fingerprint density at radius 2 is 1.64 bits per heavy atom. The Labute approximate surface area is 171 Å². The summed E-state index contributed by atoms with van der Waals surface area (Å²) < 4.78 is 15.3. The maximum atomic E-state index is 13.4. The van der Waals surface area contributed by atoms with E-state index in [-0.39, 0.29) is 35.6 Å². The fourth-order valence-corrected chi connectivity index (χ4v) is 3.91. The van der Waals surface area contributed by atoms with Crippen LogP contribution in [-0.2, 0) is 4.79 Å². The molecular weight excluding hydrogens is 377 g/mol. The third-order valence-corrected chi connectivity index (χ3v) is 5.53. The maximum Gasteiger partial charge on any atom is 0.233 e. The van der Waals surface area contributed by atoms with Gasteiger partial charge in [-0.15, -0.1) is 10.2 Å². The third-order valence-electron chi connectivity index (χ3n) is 4.62. The van der Waals surface area contributed by atoms with Crippen molar-refractivity contribution < 1.29 is 9.18 Å². The Kier molecular flexibility index (Phi) is 7.60. The van der Waals surface area contributed by atoms with E-state index in [1.54, 1.807) is 12.1 Å². The van der Waals surface area contributed by atoms with Gasteiger partial charge in [-0.05, 0) is 73.0 Å². The predicted molar refractivity (Wildman–Crippen MR) is 111 cm³/mol. The fourth-order valence-electron chi connectivity index (χ4n) is 3.08. The van der Waals surface area contributed by atoms with Crippen LogP contribution < -0.4 is 0 Å². The van der Waals surface area contributed by atoms with Crippen LogP contribution in [0.1, 0.15) is 46.5 Å². The Bertz CT molecular complexity index is 780. The van der Waals surface area contributed by atoms with Crippen molar-refractivity contribution in [3.63, 3.8) is 0 Å². The summed E-state index contributed by atoms with van der Waals surface area (Å²) >= 11 is 1.35. The second-order valence-electron chi connectivity index (χ2n) is 7.57. The number of nitrogens with zero attached hydrogens (tertiary/aromatic N) is 5. The Morgan fingerprint density at radius 1 is 1.07 bits per heavy atom. The highest BCUT2D eigenvalue weighted by Crippen LogP contribution is 2.27. The number of carbonyl (C=O) groups excluding carboxylic acids is 1. The van der Waals surface area contributed by atoms with E-state index >= 15 is 0 Å². The van der Waals surface area contributed by atoms with Crippen LogP contribution in [0.5, 0.6) is 0 Å². The average Bonchev–Trinajstić information content (AvgIpc) is 3.03. The van der Waals surface area contributed by atoms with Crippen LogP contribution in [-0.4, -0.2) is 62.4 Å². The number of thioether (sulfide) groups is 1. The van der Waals surface area contributed by atoms with Crippen LogP contribution in [0.3, 0.4) is 0 Å². The summed E-state index contributed by atoms with van der Waals surface area (Å²) in [6.45, 7) is 10.1. The molecule has 1 aromatic heterocycles. The van der Waals surface area contributed by atoms with Gasteiger partial charge >= 0.3 is 0 Å². The van der Waals surface area contributed by atoms with Crippen LogP contribution in [0, 0.1) is 5.82 Å². The van der Waals surface area contributed by atoms with Crippen LogP contribution >= 0.6 is 11.8 Å². The van der Waals surface area contributed by atoms with Crippen LogP contribution in [0.25, 0.3) is 5.69 Å². The van der Waals surface area contributed by atoms with E-state index in [2.05, 4.69) is 10.2 Å². The molecule has 1 atom stereocenters. The first-order valence-corrected chi connectivity index (χ1v) is 10.4. The van der Waals surface area contributed by atoms with E-state index in [4.69, 9.17) is 0 Å². The maximum absolute atomic E-state index is 13.4. The van der Waals surface area contributed by atoms with E-state index in [1.807, 2.05) is 63.1 Å². The molecule has 28 heavy (non-hydrogen) atoms. The molecule has 0 radical (unpaired) electrons. The lowest BCUT2D eigenvalue weighted by atomic mass is 10.2. The fraction of sp³-hybridized carbons (Fsp3) is 0.550. The average molecular weight is 408 g/mol. The minimum Gasteiger partial charge on any atom is -0.337 e. The van der Waals surface area contributed by atoms with Gasteiger partial charge in [-0.2, -0.15) is 0 Å². The van der Waals surface area contributed by atoms with E-state index in [9.17, 15) is 9.18 Å². The van der Waals surface area contributed by atoms with E-state index in [0.717, 1.165) is 11.5 Å². The quantitative estimate of drug-likeness (QED) is 0.624. The molecule has 0 saturated heterocycles. The minimum atomic E-state index is -0.298. The number of amides is 1. The summed E-state index contributed by atoms with van der Waals surface area (Å²) in [6.07, 6.45) is 0. The summed E-state index contributed by atoms with van der Waals surface area (Å²) in [7, 11) is 3.93. The number of hydrogen-bond donors (Lipinski definition) is 0. The molecule has 8 heteroatoms. The standard InChI is InChI=1S/C20H30FN5OS/c1-13(2)25(14(3)4)18(27)12-28-20-23-22-19(15(5)24(6)7)26(20)17-10-8-16(21)9-11-17/h8-11,13-15H,12H2,1-7H3/t15-/m0/s1. The number of hydrogen-bond acceptors (Lipinski definition) is 5. The molecule has 0 aliphatic heterocycles. The van der Waals surface area contributed by atoms with Gasteiger partial charge in [0, 0.05) is 17.8 Å². The van der Waals surface area contributed by atoms with Crippen molar-refractivity contribution in [2.45, 2.75) is 57.9 Å². The first-order valence-electron chi connectivity index (χ1n) is 9.45. The van der Waals surface area contributed by atoms with Gasteiger partial charge in [0.2, 0.25) is 5.91 Å². The molecule has 0 bridgehead atoms. The molecule has 0 spiro atoms. The van der Waals surface area contributed by atoms with Crippen LogP contribution in [0.15, 0.2) is 29.4 Å². The molecule has 1 aromatic carbocycles. The van der Waals surface area contributed by atoms with Crippen molar-refractivity contribution in [2.75, 3.05) is 19.8 Å². The molecule has 0 unspecified atom stereocenters. The highest BCUT2D eigenvalue weighted by atomic mass is 32.2. The van der Waals surface area contributed by atoms with Gasteiger partial charge in [0.15, 0.2) is 11.0 Å². The molecule has 1 amide bonds. The highest BCUT2D eigenvalue weighted by molar-refractivity contribution is 7.99. The molecule has 2 rings (SSSR count). The molecule has 1 heterocycles. The molecule has 0 aliphatic carbocycles. The normalized spacial score (nSPS) is 12.8. The van der Waals surface area contributed by atoms with Gasteiger partial charge in [-0.1, -0.05) is 11.8 Å². The zero-order chi connectivity index (χ0) is 21.0. The molecule has 0 aliphatic rings. The lowest BCUT2D eigenvalue weighted by Crippen LogP contribution is -2.43. The largest absolute Gasteiger partial charge is 0.337 e. The zero-order valence-corrected chi connectivity index (χ0v) is 18.5. The number of aromatic nitrogens is 3. The van der Waals surface area contributed by atoms with Gasteiger partial charge < -0.3 is 4.90 Å². The minimum absolute atomic E-state index is 0.00503. The van der Waals surface area contributed by atoms with Crippen molar-refractivity contribution >= 4 is 17.7 Å². The molecule has 0 fully saturated rings. The molecule has 0 N–H and O–H groups in total.